The molecule has 1 atom stereocenters. The molecule has 2 aromatic carbocycles. The second-order valence-corrected chi connectivity index (χ2v) is 6.23. The largest absolute Gasteiger partial charge is 0.490 e. The number of para-hydroxylation sites is 2. The number of aryl methyl sites for hydroxylation is 1. The van der Waals surface area contributed by atoms with Gasteiger partial charge in [0.25, 0.3) is 0 Å². The van der Waals surface area contributed by atoms with Crippen LogP contribution >= 0.6 is 0 Å². The van der Waals surface area contributed by atoms with Crippen molar-refractivity contribution in [1.29, 1.82) is 5.26 Å². The second kappa shape index (κ2) is 5.54. The maximum absolute atomic E-state index is 9.57. The molecule has 118 valence electrons. The summed E-state index contributed by atoms with van der Waals surface area (Å²) in [4.78, 5) is 7.73. The van der Waals surface area contributed by atoms with Gasteiger partial charge in [0.2, 0.25) is 0 Å². The number of nitriles is 1. The third-order valence-electron chi connectivity index (χ3n) is 4.28. The van der Waals surface area contributed by atoms with E-state index in [2.05, 4.69) is 35.1 Å². The monoisotopic (exact) mass is 315 g/mol. The first-order chi connectivity index (χ1) is 11.6. The number of imidazole rings is 1. The van der Waals surface area contributed by atoms with E-state index in [-0.39, 0.29) is 6.10 Å². The lowest BCUT2D eigenvalue weighted by molar-refractivity contribution is 0.253. The summed E-state index contributed by atoms with van der Waals surface area (Å²) >= 11 is 0. The molecule has 0 saturated heterocycles. The van der Waals surface area contributed by atoms with Crippen molar-refractivity contribution in [3.05, 3.63) is 58.9 Å². The summed E-state index contributed by atoms with van der Waals surface area (Å²) in [6.07, 6.45) is 3.00. The lowest BCUT2D eigenvalue weighted by atomic mass is 10.0. The highest BCUT2D eigenvalue weighted by Crippen LogP contribution is 2.34. The lowest BCUT2D eigenvalue weighted by Gasteiger charge is -2.07. The summed E-state index contributed by atoms with van der Waals surface area (Å²) in [5, 5.41) is 9.57. The summed E-state index contributed by atoms with van der Waals surface area (Å²) in [6, 6.07) is 14.2. The van der Waals surface area contributed by atoms with Crippen molar-refractivity contribution in [2.24, 2.45) is 0 Å². The minimum Gasteiger partial charge on any atom is -0.490 e. The number of nitrogens with zero attached hydrogens (tertiary/aromatic N) is 2. The molecule has 0 spiro atoms. The van der Waals surface area contributed by atoms with Gasteiger partial charge in [-0.2, -0.15) is 5.26 Å². The Labute approximate surface area is 140 Å². The zero-order chi connectivity index (χ0) is 16.7. The third-order valence-corrected chi connectivity index (χ3v) is 4.28. The third kappa shape index (κ3) is 2.44. The molecule has 1 aliphatic heterocycles. The molecule has 1 aromatic heterocycles. The van der Waals surface area contributed by atoms with E-state index in [0.717, 1.165) is 34.3 Å². The first-order valence-electron chi connectivity index (χ1n) is 8.01. The quantitative estimate of drug-likeness (QED) is 0.719. The molecule has 24 heavy (non-hydrogen) atoms. The van der Waals surface area contributed by atoms with Crippen molar-refractivity contribution in [3.8, 4) is 11.8 Å². The summed E-state index contributed by atoms with van der Waals surface area (Å²) in [7, 11) is 0. The highest BCUT2D eigenvalue weighted by atomic mass is 16.5. The van der Waals surface area contributed by atoms with Gasteiger partial charge in [-0.05, 0) is 60.9 Å². The number of nitrogens with one attached hydrogen (secondary N) is 1. The molecule has 1 aliphatic rings. The van der Waals surface area contributed by atoms with Crippen molar-refractivity contribution in [2.75, 3.05) is 0 Å². The van der Waals surface area contributed by atoms with Gasteiger partial charge in [0.05, 0.1) is 16.6 Å². The van der Waals surface area contributed by atoms with E-state index in [0.29, 0.717) is 11.4 Å². The molecule has 1 unspecified atom stereocenters. The molecule has 0 radical (unpaired) electrons. The average molecular weight is 315 g/mol. The Morgan fingerprint density at radius 3 is 3.00 bits per heavy atom. The number of ether oxygens (including phenoxy) is 1. The summed E-state index contributed by atoms with van der Waals surface area (Å²) in [5.41, 5.74) is 5.63. The zero-order valence-electron chi connectivity index (χ0n) is 13.6. The second-order valence-electron chi connectivity index (χ2n) is 6.23. The fourth-order valence-corrected chi connectivity index (χ4v) is 3.23. The van der Waals surface area contributed by atoms with Crippen molar-refractivity contribution in [1.82, 2.24) is 9.97 Å². The Hall–Kier alpha value is -3.06. The Morgan fingerprint density at radius 2 is 2.21 bits per heavy atom. The van der Waals surface area contributed by atoms with E-state index in [1.807, 2.05) is 37.3 Å². The number of aromatic amines is 1. The molecular weight excluding hydrogens is 298 g/mol. The fourth-order valence-electron chi connectivity index (χ4n) is 3.23. The van der Waals surface area contributed by atoms with Crippen LogP contribution in [0.15, 0.2) is 36.4 Å². The normalized spacial score (nSPS) is 16.7. The molecule has 0 amide bonds. The smallest absolute Gasteiger partial charge is 0.149 e. The SMILES string of the molecule is Cc1cc(/C=C(\C#N)c2nc3ccccc3[nH]2)cc2c1OC(C)C2. The van der Waals surface area contributed by atoms with Crippen LogP contribution in [0.1, 0.15) is 29.4 Å². The van der Waals surface area contributed by atoms with Crippen molar-refractivity contribution in [2.45, 2.75) is 26.4 Å². The minimum atomic E-state index is 0.212. The van der Waals surface area contributed by atoms with E-state index >= 15 is 0 Å². The standard InChI is InChI=1S/C20H17N3O/c1-12-7-14(9-15-8-13(2)24-19(12)15)10-16(11-21)20-22-17-5-3-4-6-18(17)23-20/h3-7,9-10,13H,8H2,1-2H3,(H,22,23)/b16-10+. The van der Waals surface area contributed by atoms with Gasteiger partial charge in [0.15, 0.2) is 0 Å². The van der Waals surface area contributed by atoms with Crippen LogP contribution in [0.5, 0.6) is 5.75 Å². The Morgan fingerprint density at radius 1 is 1.38 bits per heavy atom. The van der Waals surface area contributed by atoms with E-state index < -0.39 is 0 Å². The van der Waals surface area contributed by atoms with Gasteiger partial charge in [-0.15, -0.1) is 0 Å². The number of fused-ring (bicyclic) bond motifs is 2. The van der Waals surface area contributed by atoms with Crippen molar-refractivity contribution < 1.29 is 4.74 Å². The van der Waals surface area contributed by atoms with Crippen molar-refractivity contribution in [3.63, 3.8) is 0 Å². The van der Waals surface area contributed by atoms with E-state index in [1.54, 1.807) is 0 Å². The highest BCUT2D eigenvalue weighted by Gasteiger charge is 2.21. The number of rotatable bonds is 2. The average Bonchev–Trinajstić information content (AvgIpc) is 3.15. The van der Waals surface area contributed by atoms with Gasteiger partial charge in [-0.3, -0.25) is 0 Å². The number of H-pyrrole nitrogens is 1. The number of aromatic nitrogens is 2. The predicted octanol–water partition coefficient (Wildman–Crippen LogP) is 4.26. The van der Waals surface area contributed by atoms with Gasteiger partial charge < -0.3 is 9.72 Å². The molecular formula is C20H17N3O. The highest BCUT2D eigenvalue weighted by molar-refractivity contribution is 5.90. The first kappa shape index (κ1) is 14.5. The van der Waals surface area contributed by atoms with Crippen LogP contribution in [0, 0.1) is 18.3 Å². The summed E-state index contributed by atoms with van der Waals surface area (Å²) in [6.45, 7) is 4.12. The number of benzene rings is 2. The molecule has 0 saturated carbocycles. The number of allylic oxidation sites excluding steroid dienone is 1. The van der Waals surface area contributed by atoms with Gasteiger partial charge in [-0.1, -0.05) is 12.1 Å². The van der Waals surface area contributed by atoms with Gasteiger partial charge >= 0.3 is 0 Å². The molecule has 4 rings (SSSR count). The van der Waals surface area contributed by atoms with Crippen LogP contribution in [0.4, 0.5) is 0 Å². The van der Waals surface area contributed by atoms with E-state index in [9.17, 15) is 5.26 Å². The summed E-state index contributed by atoms with van der Waals surface area (Å²) < 4.78 is 5.84. The topological polar surface area (TPSA) is 61.7 Å². The first-order valence-corrected chi connectivity index (χ1v) is 8.01. The van der Waals surface area contributed by atoms with Crippen LogP contribution in [-0.4, -0.2) is 16.1 Å². The molecule has 2 heterocycles. The minimum absolute atomic E-state index is 0.212. The van der Waals surface area contributed by atoms with E-state index in [4.69, 9.17) is 4.74 Å². The molecule has 4 heteroatoms. The van der Waals surface area contributed by atoms with Crippen molar-refractivity contribution >= 4 is 22.7 Å². The maximum Gasteiger partial charge on any atom is 0.149 e. The van der Waals surface area contributed by atoms with Gasteiger partial charge in [0.1, 0.15) is 23.7 Å². The van der Waals surface area contributed by atoms with Gasteiger partial charge in [0, 0.05) is 6.42 Å². The Kier molecular flexibility index (Phi) is 3.35. The molecule has 0 aliphatic carbocycles. The fraction of sp³-hybridized carbons (Fsp3) is 0.200. The Balaban J connectivity index is 1.77. The lowest BCUT2D eigenvalue weighted by Crippen LogP contribution is -2.05. The molecule has 1 N–H and O–H groups in total. The Bertz CT molecular complexity index is 974. The van der Waals surface area contributed by atoms with Gasteiger partial charge in [-0.25, -0.2) is 4.98 Å². The van der Waals surface area contributed by atoms with Crippen LogP contribution in [-0.2, 0) is 6.42 Å². The number of hydrogen-bond acceptors (Lipinski definition) is 3. The summed E-state index contributed by atoms with van der Waals surface area (Å²) in [5.74, 6) is 1.59. The molecule has 4 nitrogen and oxygen atoms in total. The molecule has 3 aromatic rings. The predicted molar refractivity (Wildman–Crippen MR) is 94.6 cm³/mol. The number of hydrogen-bond donors (Lipinski definition) is 1. The van der Waals surface area contributed by atoms with E-state index in [1.165, 1.54) is 5.56 Å². The van der Waals surface area contributed by atoms with Crippen LogP contribution in [0.2, 0.25) is 0 Å². The molecule has 0 bridgehead atoms. The molecule has 0 fully saturated rings. The zero-order valence-corrected chi connectivity index (χ0v) is 13.6. The maximum atomic E-state index is 9.57. The van der Waals surface area contributed by atoms with Crippen LogP contribution in [0.3, 0.4) is 0 Å². The van der Waals surface area contributed by atoms with Crippen LogP contribution in [0.25, 0.3) is 22.7 Å². The van der Waals surface area contributed by atoms with Crippen LogP contribution < -0.4 is 4.74 Å².